The topological polar surface area (TPSA) is 41.7 Å². The Balaban J connectivity index is 2.12. The molecular formula is C17H29N3O. The minimum Gasteiger partial charge on any atom is -0.496 e. The maximum absolute atomic E-state index is 6.08. The van der Waals surface area contributed by atoms with Crippen LogP contribution in [0.1, 0.15) is 31.9 Å². The smallest absolute Gasteiger partial charge is 0.123 e. The predicted octanol–water partition coefficient (Wildman–Crippen LogP) is 2.11. The van der Waals surface area contributed by atoms with Crippen LogP contribution in [0.15, 0.2) is 24.3 Å². The summed E-state index contributed by atoms with van der Waals surface area (Å²) in [5, 5.41) is 0. The highest BCUT2D eigenvalue weighted by molar-refractivity contribution is 5.36. The third kappa shape index (κ3) is 3.57. The zero-order chi connectivity index (χ0) is 15.2. The number of benzene rings is 1. The Morgan fingerprint density at radius 3 is 2.67 bits per heavy atom. The summed E-state index contributed by atoms with van der Waals surface area (Å²) in [5.74, 6) is 0.944. The maximum Gasteiger partial charge on any atom is 0.123 e. The van der Waals surface area contributed by atoms with Crippen LogP contribution in [0.3, 0.4) is 0 Å². The molecule has 1 aliphatic rings. The largest absolute Gasteiger partial charge is 0.496 e. The van der Waals surface area contributed by atoms with Crippen LogP contribution in [-0.4, -0.2) is 55.7 Å². The third-order valence-electron chi connectivity index (χ3n) is 4.69. The highest BCUT2D eigenvalue weighted by atomic mass is 16.5. The Bertz CT molecular complexity index is 434. The minimum absolute atomic E-state index is 0.252. The van der Waals surface area contributed by atoms with E-state index >= 15 is 0 Å². The second-order valence-corrected chi connectivity index (χ2v) is 5.65. The summed E-state index contributed by atoms with van der Waals surface area (Å²) in [7, 11) is 1.73. The number of likely N-dealkylation sites (N-methyl/N-ethyl adjacent to an activating group) is 1. The van der Waals surface area contributed by atoms with Gasteiger partial charge in [0.15, 0.2) is 0 Å². The fourth-order valence-corrected chi connectivity index (χ4v) is 3.50. The zero-order valence-electron chi connectivity index (χ0n) is 13.6. The Morgan fingerprint density at radius 2 is 2.05 bits per heavy atom. The van der Waals surface area contributed by atoms with Gasteiger partial charge in [-0.15, -0.1) is 0 Å². The number of nitrogens with zero attached hydrogens (tertiary/aromatic N) is 2. The lowest BCUT2D eigenvalue weighted by Gasteiger charge is -2.30. The van der Waals surface area contributed by atoms with Crippen LogP contribution in [0.2, 0.25) is 0 Å². The number of nitrogens with two attached hydrogens (primary N) is 1. The standard InChI is InChI=1S/C17H29N3O/c1-4-19(5-2)14-10-11-20(13-14)16(12-18)15-8-6-7-9-17(15)21-3/h6-9,14,16H,4-5,10-13,18H2,1-3H3. The summed E-state index contributed by atoms with van der Waals surface area (Å²) in [6.45, 7) is 9.57. The van der Waals surface area contributed by atoms with E-state index in [2.05, 4.69) is 35.8 Å². The van der Waals surface area contributed by atoms with Crippen molar-refractivity contribution < 1.29 is 4.74 Å². The second kappa shape index (κ2) is 7.78. The van der Waals surface area contributed by atoms with Crippen LogP contribution in [-0.2, 0) is 0 Å². The minimum atomic E-state index is 0.252. The van der Waals surface area contributed by atoms with Crippen molar-refractivity contribution in [3.8, 4) is 5.75 Å². The number of methoxy groups -OCH3 is 1. The number of hydrogen-bond acceptors (Lipinski definition) is 4. The molecule has 0 radical (unpaired) electrons. The zero-order valence-corrected chi connectivity index (χ0v) is 13.6. The van der Waals surface area contributed by atoms with E-state index in [4.69, 9.17) is 10.5 Å². The van der Waals surface area contributed by atoms with E-state index in [1.54, 1.807) is 7.11 Å². The molecule has 2 atom stereocenters. The molecule has 0 saturated carbocycles. The molecule has 118 valence electrons. The molecule has 0 bridgehead atoms. The SMILES string of the molecule is CCN(CC)C1CCN(C(CN)c2ccccc2OC)C1. The molecule has 4 heteroatoms. The van der Waals surface area contributed by atoms with Crippen molar-refractivity contribution in [2.75, 3.05) is 39.8 Å². The van der Waals surface area contributed by atoms with E-state index in [-0.39, 0.29) is 6.04 Å². The molecule has 1 fully saturated rings. The molecule has 1 aliphatic heterocycles. The quantitative estimate of drug-likeness (QED) is 0.835. The molecule has 0 aliphatic carbocycles. The molecule has 0 amide bonds. The number of para-hydroxylation sites is 1. The van der Waals surface area contributed by atoms with E-state index < -0.39 is 0 Å². The Kier molecular flexibility index (Phi) is 6.03. The monoisotopic (exact) mass is 291 g/mol. The summed E-state index contributed by atoms with van der Waals surface area (Å²) < 4.78 is 5.51. The lowest BCUT2D eigenvalue weighted by atomic mass is 10.0. The van der Waals surface area contributed by atoms with Crippen molar-refractivity contribution in [2.45, 2.75) is 32.4 Å². The molecule has 1 aromatic carbocycles. The van der Waals surface area contributed by atoms with Crippen LogP contribution in [0.25, 0.3) is 0 Å². The van der Waals surface area contributed by atoms with Gasteiger partial charge >= 0.3 is 0 Å². The van der Waals surface area contributed by atoms with Crippen molar-refractivity contribution in [2.24, 2.45) is 5.73 Å². The molecule has 4 nitrogen and oxygen atoms in total. The number of likely N-dealkylation sites (tertiary alicyclic amines) is 1. The van der Waals surface area contributed by atoms with Gasteiger partial charge in [-0.05, 0) is 25.6 Å². The van der Waals surface area contributed by atoms with Crippen molar-refractivity contribution in [3.05, 3.63) is 29.8 Å². The van der Waals surface area contributed by atoms with Gasteiger partial charge in [-0.2, -0.15) is 0 Å². The molecule has 2 unspecified atom stereocenters. The fraction of sp³-hybridized carbons (Fsp3) is 0.647. The lowest BCUT2D eigenvalue weighted by molar-refractivity contribution is 0.188. The van der Waals surface area contributed by atoms with Crippen LogP contribution >= 0.6 is 0 Å². The predicted molar refractivity (Wildman–Crippen MR) is 87.7 cm³/mol. The molecule has 0 aromatic heterocycles. The van der Waals surface area contributed by atoms with Crippen molar-refractivity contribution in [1.29, 1.82) is 0 Å². The van der Waals surface area contributed by atoms with E-state index in [0.717, 1.165) is 31.9 Å². The van der Waals surface area contributed by atoms with Gasteiger partial charge in [0.25, 0.3) is 0 Å². The molecule has 2 N–H and O–H groups in total. The Labute approximate surface area is 128 Å². The van der Waals surface area contributed by atoms with Crippen molar-refractivity contribution in [3.63, 3.8) is 0 Å². The first-order valence-corrected chi connectivity index (χ1v) is 8.06. The van der Waals surface area contributed by atoms with Gasteiger partial charge < -0.3 is 10.5 Å². The van der Waals surface area contributed by atoms with E-state index in [1.165, 1.54) is 12.0 Å². The fourth-order valence-electron chi connectivity index (χ4n) is 3.50. The third-order valence-corrected chi connectivity index (χ3v) is 4.69. The van der Waals surface area contributed by atoms with E-state index in [1.807, 2.05) is 12.1 Å². The average Bonchev–Trinajstić information content (AvgIpc) is 2.99. The Morgan fingerprint density at radius 1 is 1.33 bits per heavy atom. The van der Waals surface area contributed by atoms with Gasteiger partial charge in [0.1, 0.15) is 5.75 Å². The summed E-state index contributed by atoms with van der Waals surface area (Å²) in [6, 6.07) is 9.15. The van der Waals surface area contributed by atoms with Gasteiger partial charge in [0.05, 0.1) is 13.2 Å². The summed E-state index contributed by atoms with van der Waals surface area (Å²) in [6.07, 6.45) is 1.23. The molecule has 1 aromatic rings. The number of ether oxygens (including phenoxy) is 1. The summed E-state index contributed by atoms with van der Waals surface area (Å²) >= 11 is 0. The Hall–Kier alpha value is -1.10. The normalized spacial score (nSPS) is 20.9. The first-order valence-electron chi connectivity index (χ1n) is 8.06. The van der Waals surface area contributed by atoms with Gasteiger partial charge in [-0.1, -0.05) is 32.0 Å². The van der Waals surface area contributed by atoms with Crippen LogP contribution < -0.4 is 10.5 Å². The summed E-state index contributed by atoms with van der Waals surface area (Å²) in [4.78, 5) is 5.07. The molecule has 1 saturated heterocycles. The number of hydrogen-bond donors (Lipinski definition) is 1. The first kappa shape index (κ1) is 16.3. The highest BCUT2D eigenvalue weighted by Crippen LogP contribution is 2.31. The molecule has 2 rings (SSSR count). The maximum atomic E-state index is 6.08. The summed E-state index contributed by atoms with van der Waals surface area (Å²) in [5.41, 5.74) is 7.29. The van der Waals surface area contributed by atoms with Gasteiger partial charge in [0.2, 0.25) is 0 Å². The molecule has 21 heavy (non-hydrogen) atoms. The molecular weight excluding hydrogens is 262 g/mol. The average molecular weight is 291 g/mol. The highest BCUT2D eigenvalue weighted by Gasteiger charge is 2.31. The number of rotatable bonds is 7. The van der Waals surface area contributed by atoms with E-state index in [0.29, 0.717) is 12.6 Å². The molecule has 0 spiro atoms. The van der Waals surface area contributed by atoms with Crippen LogP contribution in [0, 0.1) is 0 Å². The second-order valence-electron chi connectivity index (χ2n) is 5.65. The van der Waals surface area contributed by atoms with Gasteiger partial charge in [-0.25, -0.2) is 0 Å². The van der Waals surface area contributed by atoms with Gasteiger partial charge in [0, 0.05) is 31.2 Å². The first-order chi connectivity index (χ1) is 10.2. The van der Waals surface area contributed by atoms with E-state index in [9.17, 15) is 0 Å². The van der Waals surface area contributed by atoms with Crippen LogP contribution in [0.4, 0.5) is 0 Å². The molecule has 1 heterocycles. The van der Waals surface area contributed by atoms with Gasteiger partial charge in [-0.3, -0.25) is 9.80 Å². The van der Waals surface area contributed by atoms with Crippen molar-refractivity contribution >= 4 is 0 Å². The van der Waals surface area contributed by atoms with Crippen LogP contribution in [0.5, 0.6) is 5.75 Å². The lowest BCUT2D eigenvalue weighted by Crippen LogP contribution is -2.39. The van der Waals surface area contributed by atoms with Crippen molar-refractivity contribution in [1.82, 2.24) is 9.80 Å².